The van der Waals surface area contributed by atoms with Gasteiger partial charge in [-0.2, -0.15) is 0 Å². The number of nitrogens with zero attached hydrogens (tertiary/aromatic N) is 3. The summed E-state index contributed by atoms with van der Waals surface area (Å²) < 4.78 is 1.45. The van der Waals surface area contributed by atoms with Crippen molar-refractivity contribution in [3.05, 3.63) is 24.3 Å². The summed E-state index contributed by atoms with van der Waals surface area (Å²) in [6.45, 7) is 0.537. The van der Waals surface area contributed by atoms with Gasteiger partial charge in [0.25, 0.3) is 0 Å². The second kappa shape index (κ2) is 7.88. The van der Waals surface area contributed by atoms with E-state index in [0.29, 0.717) is 30.4 Å². The van der Waals surface area contributed by atoms with Crippen LogP contribution < -0.4 is 5.32 Å². The van der Waals surface area contributed by atoms with Gasteiger partial charge in [-0.1, -0.05) is 33.3 Å². The Morgan fingerprint density at radius 1 is 1.32 bits per heavy atom. The largest absolute Gasteiger partial charge is 0.480 e. The Morgan fingerprint density at radius 2 is 2.09 bits per heavy atom. The molecule has 0 aliphatic rings. The molecule has 0 bridgehead atoms. The zero-order chi connectivity index (χ0) is 15.9. The summed E-state index contributed by atoms with van der Waals surface area (Å²) in [6, 6.07) is 6.52. The van der Waals surface area contributed by atoms with E-state index in [1.165, 1.54) is 4.68 Å². The number of aromatic nitrogens is 3. The second-order valence-corrected chi connectivity index (χ2v) is 5.42. The molecular weight excluding hydrogens is 352 g/mol. The summed E-state index contributed by atoms with van der Waals surface area (Å²) in [6.07, 6.45) is 1.83. The van der Waals surface area contributed by atoms with Gasteiger partial charge in [-0.15, -0.1) is 5.10 Å². The molecule has 1 aromatic carbocycles. The lowest BCUT2D eigenvalue weighted by molar-refractivity contribution is -0.141. The van der Waals surface area contributed by atoms with Crippen LogP contribution in [0.2, 0.25) is 0 Å². The lowest BCUT2D eigenvalue weighted by atomic mass is 10.1. The number of halogens is 1. The Bertz CT molecular complexity index is 658. The average molecular weight is 369 g/mol. The predicted octanol–water partition coefficient (Wildman–Crippen LogP) is 1.74. The Labute approximate surface area is 135 Å². The van der Waals surface area contributed by atoms with Crippen molar-refractivity contribution in [1.82, 2.24) is 20.3 Å². The number of alkyl halides is 1. The van der Waals surface area contributed by atoms with Gasteiger partial charge in [0, 0.05) is 6.54 Å². The first kappa shape index (κ1) is 16.4. The standard InChI is InChI=1S/C14H17BrN4O3/c15-9-13(20)16-8-4-3-7-12(14(21)22)19-11-6-2-1-5-10(11)17-18-19/h1-2,5-6,12H,3-4,7-9H2,(H,16,20)(H,21,22). The van der Waals surface area contributed by atoms with Gasteiger partial charge in [-0.25, -0.2) is 9.48 Å². The molecule has 8 heteroatoms. The molecule has 2 rings (SSSR count). The van der Waals surface area contributed by atoms with E-state index < -0.39 is 12.0 Å². The van der Waals surface area contributed by atoms with Crippen molar-refractivity contribution < 1.29 is 14.7 Å². The highest BCUT2D eigenvalue weighted by Crippen LogP contribution is 2.20. The number of para-hydroxylation sites is 1. The number of nitrogens with one attached hydrogen (secondary N) is 1. The van der Waals surface area contributed by atoms with E-state index >= 15 is 0 Å². The molecular formula is C14H17BrN4O3. The van der Waals surface area contributed by atoms with E-state index in [2.05, 4.69) is 31.6 Å². The summed E-state index contributed by atoms with van der Waals surface area (Å²) in [5.74, 6) is -1.00. The third kappa shape index (κ3) is 4.03. The molecule has 2 N–H and O–H groups in total. The number of unbranched alkanes of at least 4 members (excludes halogenated alkanes) is 1. The minimum Gasteiger partial charge on any atom is -0.480 e. The van der Waals surface area contributed by atoms with Gasteiger partial charge < -0.3 is 10.4 Å². The number of benzene rings is 1. The van der Waals surface area contributed by atoms with Gasteiger partial charge in [0.1, 0.15) is 5.52 Å². The molecule has 1 aromatic heterocycles. The van der Waals surface area contributed by atoms with E-state index in [-0.39, 0.29) is 11.2 Å². The van der Waals surface area contributed by atoms with Crippen molar-refractivity contribution in [1.29, 1.82) is 0 Å². The highest BCUT2D eigenvalue weighted by molar-refractivity contribution is 9.09. The van der Waals surface area contributed by atoms with Crippen LogP contribution in [0.25, 0.3) is 11.0 Å². The summed E-state index contributed by atoms with van der Waals surface area (Å²) in [5.41, 5.74) is 1.39. The SMILES string of the molecule is O=C(CBr)NCCCCC(C(=O)O)n1nnc2ccccc21. The molecule has 0 saturated carbocycles. The summed E-state index contributed by atoms with van der Waals surface area (Å²) in [4.78, 5) is 22.6. The van der Waals surface area contributed by atoms with Crippen molar-refractivity contribution >= 4 is 38.8 Å². The number of hydrogen-bond donors (Lipinski definition) is 2. The number of fused-ring (bicyclic) bond motifs is 1. The Morgan fingerprint density at radius 3 is 2.82 bits per heavy atom. The fraction of sp³-hybridized carbons (Fsp3) is 0.429. The van der Waals surface area contributed by atoms with Crippen molar-refractivity contribution in [2.75, 3.05) is 11.9 Å². The Balaban J connectivity index is 1.96. The van der Waals surface area contributed by atoms with E-state index in [1.54, 1.807) is 6.07 Å². The lowest BCUT2D eigenvalue weighted by Crippen LogP contribution is -2.25. The summed E-state index contributed by atoms with van der Waals surface area (Å²) >= 11 is 3.07. The molecule has 1 heterocycles. The molecule has 1 unspecified atom stereocenters. The molecule has 0 radical (unpaired) electrons. The minimum absolute atomic E-state index is 0.0722. The number of carbonyl (C=O) groups is 2. The van der Waals surface area contributed by atoms with Crippen LogP contribution in [0.15, 0.2) is 24.3 Å². The number of aliphatic carboxylic acids is 1. The van der Waals surface area contributed by atoms with Crippen LogP contribution in [0.1, 0.15) is 25.3 Å². The Kier molecular flexibility index (Phi) is 5.88. The minimum atomic E-state index is -0.930. The number of carboxylic acids is 1. The molecule has 0 fully saturated rings. The smallest absolute Gasteiger partial charge is 0.328 e. The molecule has 118 valence electrons. The van der Waals surface area contributed by atoms with Crippen LogP contribution in [-0.2, 0) is 9.59 Å². The molecule has 0 saturated heterocycles. The van der Waals surface area contributed by atoms with Crippen LogP contribution >= 0.6 is 15.9 Å². The monoisotopic (exact) mass is 368 g/mol. The van der Waals surface area contributed by atoms with Crippen molar-refractivity contribution in [3.63, 3.8) is 0 Å². The quantitative estimate of drug-likeness (QED) is 0.546. The topological polar surface area (TPSA) is 97.1 Å². The molecule has 22 heavy (non-hydrogen) atoms. The van der Waals surface area contributed by atoms with Gasteiger partial charge in [0.2, 0.25) is 5.91 Å². The number of rotatable bonds is 8. The number of carboxylic acid groups (broad SMARTS) is 1. The van der Waals surface area contributed by atoms with Crippen LogP contribution in [0, 0.1) is 0 Å². The zero-order valence-corrected chi connectivity index (χ0v) is 13.5. The maximum Gasteiger partial charge on any atom is 0.328 e. The zero-order valence-electron chi connectivity index (χ0n) is 11.9. The van der Waals surface area contributed by atoms with Gasteiger partial charge in [0.15, 0.2) is 6.04 Å². The average Bonchev–Trinajstić information content (AvgIpc) is 2.94. The first-order valence-corrected chi connectivity index (χ1v) is 8.11. The maximum atomic E-state index is 11.5. The fourth-order valence-corrected chi connectivity index (χ4v) is 2.40. The number of amides is 1. The summed E-state index contributed by atoms with van der Waals surface area (Å²) in [5, 5.41) is 20.4. The van der Waals surface area contributed by atoms with Crippen LogP contribution in [-0.4, -0.2) is 43.9 Å². The number of carbonyl (C=O) groups excluding carboxylic acids is 1. The van der Waals surface area contributed by atoms with Gasteiger partial charge in [0.05, 0.1) is 10.8 Å². The molecule has 0 spiro atoms. The van der Waals surface area contributed by atoms with E-state index in [4.69, 9.17) is 0 Å². The Hall–Kier alpha value is -1.96. The normalized spacial score (nSPS) is 12.2. The first-order chi connectivity index (χ1) is 10.6. The number of hydrogen-bond acceptors (Lipinski definition) is 4. The molecule has 7 nitrogen and oxygen atoms in total. The highest BCUT2D eigenvalue weighted by Gasteiger charge is 2.22. The first-order valence-electron chi connectivity index (χ1n) is 6.99. The van der Waals surface area contributed by atoms with Crippen molar-refractivity contribution in [2.45, 2.75) is 25.3 Å². The van der Waals surface area contributed by atoms with E-state index in [1.807, 2.05) is 18.2 Å². The molecule has 1 atom stereocenters. The van der Waals surface area contributed by atoms with E-state index in [0.717, 1.165) is 6.42 Å². The third-order valence-corrected chi connectivity index (χ3v) is 3.81. The summed E-state index contributed by atoms with van der Waals surface area (Å²) in [7, 11) is 0. The fourth-order valence-electron chi connectivity index (χ4n) is 2.21. The van der Waals surface area contributed by atoms with Crippen LogP contribution in [0.5, 0.6) is 0 Å². The molecule has 1 amide bonds. The second-order valence-electron chi connectivity index (χ2n) is 4.86. The van der Waals surface area contributed by atoms with Gasteiger partial charge in [-0.3, -0.25) is 4.79 Å². The highest BCUT2D eigenvalue weighted by atomic mass is 79.9. The van der Waals surface area contributed by atoms with E-state index in [9.17, 15) is 14.7 Å². The third-order valence-electron chi connectivity index (χ3n) is 3.31. The van der Waals surface area contributed by atoms with Crippen molar-refractivity contribution in [2.24, 2.45) is 0 Å². The molecule has 0 aliphatic heterocycles. The van der Waals surface area contributed by atoms with Gasteiger partial charge in [-0.05, 0) is 31.4 Å². The molecule has 0 aliphatic carbocycles. The molecule has 2 aromatic rings. The van der Waals surface area contributed by atoms with Gasteiger partial charge >= 0.3 is 5.97 Å². The van der Waals surface area contributed by atoms with Crippen molar-refractivity contribution in [3.8, 4) is 0 Å². The lowest BCUT2D eigenvalue weighted by Gasteiger charge is -2.13. The maximum absolute atomic E-state index is 11.5. The predicted molar refractivity (Wildman–Crippen MR) is 84.9 cm³/mol. The van der Waals surface area contributed by atoms with Crippen LogP contribution in [0.4, 0.5) is 0 Å². The van der Waals surface area contributed by atoms with Crippen LogP contribution in [0.3, 0.4) is 0 Å².